The monoisotopic (exact) mass is 498 g/mol. The molecule has 36 heavy (non-hydrogen) atoms. The van der Waals surface area contributed by atoms with E-state index in [-0.39, 0.29) is 11.8 Å². The van der Waals surface area contributed by atoms with Crippen molar-refractivity contribution in [3.8, 4) is 11.1 Å². The van der Waals surface area contributed by atoms with Gasteiger partial charge in [-0.15, -0.1) is 0 Å². The van der Waals surface area contributed by atoms with Crippen molar-refractivity contribution in [1.82, 2.24) is 10.6 Å². The molecule has 2 aromatic rings. The van der Waals surface area contributed by atoms with Crippen molar-refractivity contribution >= 4 is 35.4 Å². The van der Waals surface area contributed by atoms with Crippen LogP contribution < -0.4 is 21.3 Å². The van der Waals surface area contributed by atoms with E-state index >= 15 is 0 Å². The number of nitrogens with one attached hydrogen (secondary N) is 4. The second-order valence-corrected chi connectivity index (χ2v) is 9.38. The number of aliphatic carboxylic acids is 2. The fraction of sp³-hybridized carbons (Fsp3) is 0.385. The van der Waals surface area contributed by atoms with Crippen LogP contribution in [-0.4, -0.2) is 46.3 Å². The predicted octanol–water partition coefficient (Wildman–Crippen LogP) is 4.43. The molecule has 6 N–H and O–H groups in total. The van der Waals surface area contributed by atoms with Gasteiger partial charge in [0.15, 0.2) is 0 Å². The highest BCUT2D eigenvalue weighted by atomic mass is 16.4. The van der Waals surface area contributed by atoms with E-state index in [0.717, 1.165) is 22.3 Å². The zero-order chi connectivity index (χ0) is 27.2. The van der Waals surface area contributed by atoms with Gasteiger partial charge < -0.3 is 31.5 Å². The number of rotatable bonds is 9. The second kappa shape index (κ2) is 12.1. The number of aryl methyl sites for hydroxylation is 2. The third-order valence-corrected chi connectivity index (χ3v) is 5.72. The van der Waals surface area contributed by atoms with Crippen LogP contribution in [0.4, 0.5) is 21.0 Å². The molecule has 10 nitrogen and oxygen atoms in total. The number of carboxylic acid groups (broad SMARTS) is 2. The fourth-order valence-electron chi connectivity index (χ4n) is 3.59. The molecular weight excluding hydrogens is 464 g/mol. The molecular formula is C26H34N4O6. The fourth-order valence-corrected chi connectivity index (χ4v) is 3.59. The molecule has 0 aliphatic rings. The predicted molar refractivity (Wildman–Crippen MR) is 138 cm³/mol. The molecule has 0 aromatic heterocycles. The quantitative estimate of drug-likeness (QED) is 0.300. The minimum absolute atomic E-state index is 0.266. The zero-order valence-corrected chi connectivity index (χ0v) is 21.3. The molecule has 194 valence electrons. The van der Waals surface area contributed by atoms with Gasteiger partial charge in [-0.3, -0.25) is 0 Å². The molecule has 2 atom stereocenters. The average molecular weight is 499 g/mol. The van der Waals surface area contributed by atoms with Crippen LogP contribution >= 0.6 is 0 Å². The second-order valence-electron chi connectivity index (χ2n) is 9.38. The average Bonchev–Trinajstić information content (AvgIpc) is 2.77. The molecule has 10 heteroatoms. The van der Waals surface area contributed by atoms with Crippen LogP contribution in [0.1, 0.15) is 38.8 Å². The minimum atomic E-state index is -1.10. The first-order valence-corrected chi connectivity index (χ1v) is 11.6. The van der Waals surface area contributed by atoms with Gasteiger partial charge in [0.05, 0.1) is 0 Å². The molecule has 0 bridgehead atoms. The Morgan fingerprint density at radius 3 is 1.22 bits per heavy atom. The highest BCUT2D eigenvalue weighted by Gasteiger charge is 2.24. The summed E-state index contributed by atoms with van der Waals surface area (Å²) in [5.41, 5.74) is 4.43. The number of hydrogen-bond donors (Lipinski definition) is 6. The van der Waals surface area contributed by atoms with Crippen molar-refractivity contribution < 1.29 is 29.4 Å². The highest BCUT2D eigenvalue weighted by Crippen LogP contribution is 2.28. The lowest BCUT2D eigenvalue weighted by molar-refractivity contribution is -0.141. The van der Waals surface area contributed by atoms with Gasteiger partial charge in [-0.1, -0.05) is 39.8 Å². The number of benzene rings is 2. The molecule has 0 fully saturated rings. The van der Waals surface area contributed by atoms with E-state index in [2.05, 4.69) is 21.3 Å². The topological polar surface area (TPSA) is 157 Å². The van der Waals surface area contributed by atoms with Crippen LogP contribution in [0.3, 0.4) is 0 Å². The third-order valence-electron chi connectivity index (χ3n) is 5.72. The Morgan fingerprint density at radius 2 is 0.972 bits per heavy atom. The van der Waals surface area contributed by atoms with Crippen molar-refractivity contribution in [1.29, 1.82) is 0 Å². The summed E-state index contributed by atoms with van der Waals surface area (Å²) in [6.07, 6.45) is 0. The van der Waals surface area contributed by atoms with Gasteiger partial charge in [0, 0.05) is 11.4 Å². The summed E-state index contributed by atoms with van der Waals surface area (Å²) >= 11 is 0. The van der Waals surface area contributed by atoms with Gasteiger partial charge in [-0.05, 0) is 72.2 Å². The maximum Gasteiger partial charge on any atom is 0.326 e. The Balaban J connectivity index is 2.12. The van der Waals surface area contributed by atoms with Crippen molar-refractivity contribution in [3.05, 3.63) is 47.5 Å². The Morgan fingerprint density at radius 1 is 0.639 bits per heavy atom. The van der Waals surface area contributed by atoms with Crippen molar-refractivity contribution in [2.24, 2.45) is 11.8 Å². The molecule has 0 aliphatic carbocycles. The van der Waals surface area contributed by atoms with Gasteiger partial charge in [0.25, 0.3) is 0 Å². The Bertz CT molecular complexity index is 1060. The van der Waals surface area contributed by atoms with Crippen LogP contribution in [-0.2, 0) is 9.59 Å². The van der Waals surface area contributed by atoms with Crippen LogP contribution in [0.15, 0.2) is 36.4 Å². The molecule has 4 amide bonds. The van der Waals surface area contributed by atoms with Gasteiger partial charge in [0.1, 0.15) is 12.1 Å². The minimum Gasteiger partial charge on any atom is -0.480 e. The normalized spacial score (nSPS) is 12.6. The maximum absolute atomic E-state index is 12.3. The molecule has 2 rings (SSSR count). The van der Waals surface area contributed by atoms with Crippen LogP contribution in [0, 0.1) is 25.7 Å². The first kappa shape index (κ1) is 28.2. The highest BCUT2D eigenvalue weighted by molar-refractivity contribution is 5.94. The number of amides is 4. The molecule has 2 aromatic carbocycles. The summed E-state index contributed by atoms with van der Waals surface area (Å²) < 4.78 is 0. The lowest BCUT2D eigenvalue weighted by Crippen LogP contribution is -2.46. The van der Waals surface area contributed by atoms with Crippen LogP contribution in [0.2, 0.25) is 0 Å². The number of hydrogen-bond acceptors (Lipinski definition) is 4. The SMILES string of the molecule is Cc1cc(-c2ccc(NC(=O)N[C@H](C(=O)O)C(C)C)c(C)c2)ccc1NC(=O)N[C@H](C(=O)O)C(C)C. The maximum atomic E-state index is 12.3. The van der Waals surface area contributed by atoms with Crippen molar-refractivity contribution in [3.63, 3.8) is 0 Å². The Hall–Kier alpha value is -4.08. The van der Waals surface area contributed by atoms with Crippen molar-refractivity contribution in [2.45, 2.75) is 53.6 Å². The number of carbonyl (C=O) groups excluding carboxylic acids is 2. The van der Waals surface area contributed by atoms with Crippen molar-refractivity contribution in [2.75, 3.05) is 10.6 Å². The molecule has 0 saturated carbocycles. The standard InChI is InChI=1S/C26H34N4O6/c1-13(2)21(23(31)32)29-25(35)27-19-9-7-17(11-15(19)5)18-8-10-20(16(6)12-18)28-26(36)30-22(14(3)4)24(33)34/h7-14,21-22H,1-6H3,(H,31,32)(H,33,34)(H2,27,29,35)(H2,28,30,36)/t21-,22-/m0/s1. The lowest BCUT2D eigenvalue weighted by atomic mass is 10.00. The summed E-state index contributed by atoms with van der Waals surface area (Å²) in [5, 5.41) is 28.8. The van der Waals surface area contributed by atoms with Gasteiger partial charge in [-0.25, -0.2) is 19.2 Å². The zero-order valence-electron chi connectivity index (χ0n) is 21.3. The molecule has 0 heterocycles. The van der Waals surface area contributed by atoms with E-state index < -0.39 is 36.1 Å². The van der Waals surface area contributed by atoms with Crippen LogP contribution in [0.5, 0.6) is 0 Å². The largest absolute Gasteiger partial charge is 0.480 e. The summed E-state index contributed by atoms with van der Waals surface area (Å²) in [6, 6.07) is 7.72. The molecule has 0 aliphatic heterocycles. The van der Waals surface area contributed by atoms with E-state index in [1.807, 2.05) is 38.1 Å². The number of urea groups is 2. The summed E-state index contributed by atoms with van der Waals surface area (Å²) in [6.45, 7) is 10.5. The Kier molecular flexibility index (Phi) is 9.43. The first-order valence-electron chi connectivity index (χ1n) is 11.6. The van der Waals surface area contributed by atoms with E-state index in [1.165, 1.54) is 0 Å². The lowest BCUT2D eigenvalue weighted by Gasteiger charge is -2.19. The molecule has 0 unspecified atom stereocenters. The van der Waals surface area contributed by atoms with Gasteiger partial charge in [-0.2, -0.15) is 0 Å². The van der Waals surface area contributed by atoms with E-state index in [1.54, 1.807) is 39.8 Å². The summed E-state index contributed by atoms with van der Waals surface area (Å²) in [5.74, 6) is -2.73. The number of carboxylic acids is 2. The number of carbonyl (C=O) groups is 4. The first-order chi connectivity index (χ1) is 16.8. The summed E-state index contributed by atoms with van der Waals surface area (Å²) in [4.78, 5) is 47.2. The van der Waals surface area contributed by atoms with E-state index in [9.17, 15) is 29.4 Å². The van der Waals surface area contributed by atoms with E-state index in [0.29, 0.717) is 11.4 Å². The van der Waals surface area contributed by atoms with Gasteiger partial charge >= 0.3 is 24.0 Å². The molecule has 0 saturated heterocycles. The summed E-state index contributed by atoms with van der Waals surface area (Å²) in [7, 11) is 0. The van der Waals surface area contributed by atoms with Crippen LogP contribution in [0.25, 0.3) is 11.1 Å². The smallest absolute Gasteiger partial charge is 0.326 e. The molecule has 0 spiro atoms. The third kappa shape index (κ3) is 7.46. The number of anilines is 2. The Labute approximate surface area is 210 Å². The van der Waals surface area contributed by atoms with Gasteiger partial charge in [0.2, 0.25) is 0 Å². The van der Waals surface area contributed by atoms with E-state index in [4.69, 9.17) is 0 Å². The molecule has 0 radical (unpaired) electrons.